The molecule has 0 radical (unpaired) electrons. The van der Waals surface area contributed by atoms with E-state index in [0.717, 1.165) is 27.7 Å². The van der Waals surface area contributed by atoms with Crippen LogP contribution in [0.1, 0.15) is 27.7 Å². The maximum Gasteiger partial charge on any atom is 0.303 e. The van der Waals surface area contributed by atoms with Gasteiger partial charge in [0.15, 0.2) is 12.2 Å². The van der Waals surface area contributed by atoms with Gasteiger partial charge in [0.2, 0.25) is 18.3 Å². The first-order valence-corrected chi connectivity index (χ1v) is 9.48. The van der Waals surface area contributed by atoms with Gasteiger partial charge in [0.05, 0.1) is 0 Å². The zero-order valence-electron chi connectivity index (χ0n) is 16.3. The van der Waals surface area contributed by atoms with E-state index in [-0.39, 0.29) is 0 Å². The molecule has 14 heteroatoms. The van der Waals surface area contributed by atoms with Gasteiger partial charge in [-0.15, -0.1) is 0 Å². The molecule has 1 unspecified atom stereocenters. The molecule has 1 fully saturated rings. The Balaban J connectivity index is 3.37. The SMILES string of the molecule is CC(=O)OCC1O[C@@H](OC(=N)C(Cl)(Cl)Cl)[C@H](OC(C)=O)[C@@H](OC(C)=O)[C@H]1OC(C)=O. The summed E-state index contributed by atoms with van der Waals surface area (Å²) >= 11 is 16.8. The highest BCUT2D eigenvalue weighted by Gasteiger charge is 2.54. The third-order valence-corrected chi connectivity index (χ3v) is 3.95. The number of halogens is 3. The number of carbonyl (C=O) groups excluding carboxylic acids is 4. The Morgan fingerprint density at radius 3 is 1.70 bits per heavy atom. The van der Waals surface area contributed by atoms with Gasteiger partial charge >= 0.3 is 23.9 Å². The van der Waals surface area contributed by atoms with E-state index in [1.54, 1.807) is 0 Å². The van der Waals surface area contributed by atoms with E-state index >= 15 is 0 Å². The van der Waals surface area contributed by atoms with Gasteiger partial charge in [0.1, 0.15) is 12.7 Å². The van der Waals surface area contributed by atoms with Crippen LogP contribution in [0, 0.1) is 5.41 Å². The van der Waals surface area contributed by atoms with Crippen molar-refractivity contribution >= 4 is 64.6 Å². The maximum absolute atomic E-state index is 11.7. The highest BCUT2D eigenvalue weighted by molar-refractivity contribution is 6.76. The summed E-state index contributed by atoms with van der Waals surface area (Å²) in [7, 11) is 0. The van der Waals surface area contributed by atoms with Crippen LogP contribution in [0.15, 0.2) is 0 Å². The number of alkyl halides is 3. The number of hydrogen-bond donors (Lipinski definition) is 1. The number of esters is 4. The lowest BCUT2D eigenvalue weighted by Gasteiger charge is -2.44. The molecule has 0 aliphatic carbocycles. The van der Waals surface area contributed by atoms with Gasteiger partial charge in [-0.3, -0.25) is 24.6 Å². The molecule has 0 bridgehead atoms. The second kappa shape index (κ2) is 11.0. The van der Waals surface area contributed by atoms with Crippen LogP contribution in [0.2, 0.25) is 0 Å². The van der Waals surface area contributed by atoms with Gasteiger partial charge in [0, 0.05) is 27.7 Å². The minimum Gasteiger partial charge on any atom is -0.463 e. The van der Waals surface area contributed by atoms with Crippen molar-refractivity contribution in [2.75, 3.05) is 6.61 Å². The first-order valence-electron chi connectivity index (χ1n) is 8.35. The number of hydrogen-bond acceptors (Lipinski definition) is 11. The van der Waals surface area contributed by atoms with Crippen molar-refractivity contribution in [3.63, 3.8) is 0 Å². The smallest absolute Gasteiger partial charge is 0.303 e. The van der Waals surface area contributed by atoms with Crippen molar-refractivity contribution in [1.29, 1.82) is 5.41 Å². The quantitative estimate of drug-likeness (QED) is 0.190. The van der Waals surface area contributed by atoms with Crippen LogP contribution in [0.3, 0.4) is 0 Å². The van der Waals surface area contributed by atoms with Crippen LogP contribution in [-0.4, -0.2) is 70.9 Å². The molecule has 0 amide bonds. The molecular weight excluding hydrogens is 473 g/mol. The van der Waals surface area contributed by atoms with Gasteiger partial charge in [-0.1, -0.05) is 34.8 Å². The third kappa shape index (κ3) is 8.13. The molecule has 1 saturated heterocycles. The molecule has 170 valence electrons. The molecule has 1 rings (SSSR count). The fourth-order valence-corrected chi connectivity index (χ4v) is 2.60. The molecule has 0 aromatic heterocycles. The zero-order valence-corrected chi connectivity index (χ0v) is 18.6. The molecule has 5 atom stereocenters. The van der Waals surface area contributed by atoms with Crippen LogP contribution in [0.5, 0.6) is 0 Å². The van der Waals surface area contributed by atoms with E-state index in [0.29, 0.717) is 0 Å². The third-order valence-electron chi connectivity index (χ3n) is 3.44. The number of ether oxygens (including phenoxy) is 6. The largest absolute Gasteiger partial charge is 0.463 e. The summed E-state index contributed by atoms with van der Waals surface area (Å²) in [5.74, 6) is -4.03. The summed E-state index contributed by atoms with van der Waals surface area (Å²) in [6.07, 6.45) is -7.25. The van der Waals surface area contributed by atoms with Crippen molar-refractivity contribution in [3.8, 4) is 0 Å². The van der Waals surface area contributed by atoms with Gasteiger partial charge in [-0.05, 0) is 0 Å². The normalized spacial score (nSPS) is 26.2. The summed E-state index contributed by atoms with van der Waals surface area (Å²) in [4.78, 5) is 46.1. The first-order chi connectivity index (χ1) is 13.7. The van der Waals surface area contributed by atoms with E-state index in [1.165, 1.54) is 0 Å². The van der Waals surface area contributed by atoms with Crippen molar-refractivity contribution in [3.05, 3.63) is 0 Å². The van der Waals surface area contributed by atoms with Gasteiger partial charge in [0.25, 0.3) is 3.79 Å². The summed E-state index contributed by atoms with van der Waals surface area (Å²) in [6, 6.07) is 0. The topological polar surface area (TPSA) is 148 Å². The fraction of sp³-hybridized carbons (Fsp3) is 0.688. The average Bonchev–Trinajstić information content (AvgIpc) is 2.56. The monoisotopic (exact) mass is 491 g/mol. The molecule has 0 aromatic carbocycles. The molecule has 30 heavy (non-hydrogen) atoms. The predicted molar refractivity (Wildman–Crippen MR) is 101 cm³/mol. The lowest BCUT2D eigenvalue weighted by atomic mass is 9.98. The lowest BCUT2D eigenvalue weighted by molar-refractivity contribution is -0.292. The van der Waals surface area contributed by atoms with Crippen LogP contribution >= 0.6 is 34.8 Å². The number of carbonyl (C=O) groups is 4. The summed E-state index contributed by atoms with van der Waals surface area (Å²) in [5, 5.41) is 7.74. The number of rotatable bonds is 6. The van der Waals surface area contributed by atoms with Gasteiger partial charge < -0.3 is 28.4 Å². The molecule has 1 aliphatic heterocycles. The maximum atomic E-state index is 11.7. The molecule has 0 aromatic rings. The zero-order chi connectivity index (χ0) is 23.2. The van der Waals surface area contributed by atoms with E-state index in [4.69, 9.17) is 68.6 Å². The summed E-state index contributed by atoms with van der Waals surface area (Å²) in [5.41, 5.74) is 0. The second-order valence-electron chi connectivity index (χ2n) is 6.01. The lowest BCUT2D eigenvalue weighted by Crippen LogP contribution is -2.63. The van der Waals surface area contributed by atoms with E-state index in [9.17, 15) is 19.2 Å². The Morgan fingerprint density at radius 1 is 0.800 bits per heavy atom. The summed E-state index contributed by atoms with van der Waals surface area (Å²) < 4.78 is 28.9. The minimum absolute atomic E-state index is 0.460. The Kier molecular flexibility index (Phi) is 9.60. The van der Waals surface area contributed by atoms with Gasteiger partial charge in [-0.2, -0.15) is 0 Å². The minimum atomic E-state index is -2.29. The van der Waals surface area contributed by atoms with Crippen molar-refractivity contribution < 1.29 is 47.6 Å². The molecule has 0 spiro atoms. The average molecular weight is 493 g/mol. The highest BCUT2D eigenvalue weighted by Crippen LogP contribution is 2.33. The van der Waals surface area contributed by atoms with Crippen LogP contribution < -0.4 is 0 Å². The van der Waals surface area contributed by atoms with Crippen LogP contribution in [0.25, 0.3) is 0 Å². The number of nitrogens with one attached hydrogen (secondary N) is 1. The first kappa shape index (κ1) is 26.2. The Hall–Kier alpha value is -1.82. The highest BCUT2D eigenvalue weighted by atomic mass is 35.6. The molecule has 1 heterocycles. The van der Waals surface area contributed by atoms with Crippen molar-refractivity contribution in [1.82, 2.24) is 0 Å². The van der Waals surface area contributed by atoms with E-state index in [1.807, 2.05) is 0 Å². The van der Waals surface area contributed by atoms with Crippen molar-refractivity contribution in [2.24, 2.45) is 0 Å². The van der Waals surface area contributed by atoms with Crippen molar-refractivity contribution in [2.45, 2.75) is 62.2 Å². The molecule has 0 saturated carbocycles. The standard InChI is InChI=1S/C16H20Cl3NO10/c1-6(21)25-5-10-11(26-7(2)22)12(27-8(3)23)13(28-9(4)24)14(29-10)30-15(20)16(17,18)19/h10-14,20H,5H2,1-4H3/t10?,11-,12-,13+,14-/m0/s1. The van der Waals surface area contributed by atoms with Gasteiger partial charge in [-0.25, -0.2) is 0 Å². The second-order valence-corrected chi connectivity index (χ2v) is 8.29. The fourth-order valence-electron chi connectivity index (χ4n) is 2.47. The van der Waals surface area contributed by atoms with Crippen LogP contribution in [0.4, 0.5) is 0 Å². The Bertz CT molecular complexity index is 695. The van der Waals surface area contributed by atoms with Crippen LogP contribution in [-0.2, 0) is 47.6 Å². The molecule has 11 nitrogen and oxygen atoms in total. The molecule has 1 N–H and O–H groups in total. The summed E-state index contributed by atoms with van der Waals surface area (Å²) in [6.45, 7) is 3.86. The Labute approximate surface area is 186 Å². The van der Waals surface area contributed by atoms with E-state index < -0.39 is 70.9 Å². The predicted octanol–water partition coefficient (Wildman–Crippen LogP) is 1.43. The molecule has 1 aliphatic rings. The van der Waals surface area contributed by atoms with E-state index in [2.05, 4.69) is 0 Å². The molecular formula is C16H20Cl3NO10. The Morgan fingerprint density at radius 2 is 1.27 bits per heavy atom.